The van der Waals surface area contributed by atoms with Crippen LogP contribution in [0.5, 0.6) is 0 Å². The van der Waals surface area contributed by atoms with Crippen molar-refractivity contribution in [1.29, 1.82) is 0 Å². The van der Waals surface area contributed by atoms with E-state index in [0.29, 0.717) is 0 Å². The summed E-state index contributed by atoms with van der Waals surface area (Å²) in [6.07, 6.45) is -5.22. The molecule has 2 unspecified atom stereocenters. The average Bonchev–Trinajstić information content (AvgIpc) is 2.64. The maximum Gasteiger partial charge on any atom is 0.421 e. The molecule has 0 aromatic carbocycles. The number of methoxy groups -OCH3 is 1. The van der Waals surface area contributed by atoms with Gasteiger partial charge in [0.25, 0.3) is 0 Å². The highest BCUT2D eigenvalue weighted by Gasteiger charge is 2.67. The van der Waals surface area contributed by atoms with E-state index in [1.807, 2.05) is 0 Å². The smallest absolute Gasteiger partial charge is 0.421 e. The third kappa shape index (κ3) is 2.65. The van der Waals surface area contributed by atoms with Gasteiger partial charge in [-0.2, -0.15) is 13.2 Å². The summed E-state index contributed by atoms with van der Waals surface area (Å²) in [6, 6.07) is 0. The molecule has 1 fully saturated rings. The second kappa shape index (κ2) is 4.19. The predicted molar refractivity (Wildman–Crippen MR) is 57.9 cm³/mol. The minimum Gasteiger partial charge on any atom is -0.469 e. The van der Waals surface area contributed by atoms with Crippen LogP contribution in [0, 0.1) is 17.3 Å². The Kier molecular flexibility index (Phi) is 3.68. The van der Waals surface area contributed by atoms with Crippen LogP contribution >= 0.6 is 23.2 Å². The monoisotopic (exact) mass is 292 g/mol. The molecular formula is C10H13Cl2F3O2. The van der Waals surface area contributed by atoms with E-state index in [1.54, 1.807) is 13.8 Å². The van der Waals surface area contributed by atoms with E-state index in [-0.39, 0.29) is 0 Å². The summed E-state index contributed by atoms with van der Waals surface area (Å²) in [6.45, 7) is 3.39. The normalized spacial score (nSPS) is 27.8. The molecule has 1 saturated carbocycles. The number of hydrogen-bond acceptors (Lipinski definition) is 2. The fourth-order valence-corrected chi connectivity index (χ4v) is 2.44. The maximum atomic E-state index is 12.5. The van der Waals surface area contributed by atoms with Gasteiger partial charge >= 0.3 is 12.1 Å². The van der Waals surface area contributed by atoms with Gasteiger partial charge in [0.15, 0.2) is 0 Å². The van der Waals surface area contributed by atoms with Gasteiger partial charge in [0, 0.05) is 0 Å². The summed E-state index contributed by atoms with van der Waals surface area (Å²) in [5.41, 5.74) is -0.562. The van der Waals surface area contributed by atoms with Crippen molar-refractivity contribution in [2.45, 2.75) is 30.8 Å². The van der Waals surface area contributed by atoms with Gasteiger partial charge in [-0.15, -0.1) is 0 Å². The van der Waals surface area contributed by atoms with Crippen molar-refractivity contribution < 1.29 is 22.7 Å². The SMILES string of the molecule is COC(=O)C1C(CC(Cl)(Cl)C(F)(F)F)C1(C)C. The molecule has 0 radical (unpaired) electrons. The molecule has 0 amide bonds. The zero-order valence-corrected chi connectivity index (χ0v) is 11.1. The molecule has 0 heterocycles. The Morgan fingerprint density at radius 2 is 1.82 bits per heavy atom. The Labute approximate surface area is 107 Å². The van der Waals surface area contributed by atoms with E-state index in [1.165, 1.54) is 7.11 Å². The Morgan fingerprint density at radius 3 is 2.18 bits per heavy atom. The summed E-state index contributed by atoms with van der Waals surface area (Å²) in [4.78, 5) is 11.3. The largest absolute Gasteiger partial charge is 0.469 e. The number of rotatable bonds is 3. The lowest BCUT2D eigenvalue weighted by atomic mass is 10.1. The number of carbonyl (C=O) groups is 1. The van der Waals surface area contributed by atoms with Crippen LogP contribution in [0.1, 0.15) is 20.3 Å². The zero-order chi connectivity index (χ0) is 13.6. The van der Waals surface area contributed by atoms with Crippen LogP contribution in [0.25, 0.3) is 0 Å². The van der Waals surface area contributed by atoms with E-state index in [2.05, 4.69) is 4.74 Å². The van der Waals surface area contributed by atoms with Gasteiger partial charge in [-0.1, -0.05) is 37.0 Å². The molecule has 0 aromatic rings. The molecule has 1 aliphatic carbocycles. The minimum absolute atomic E-state index is 0.508. The molecule has 0 saturated heterocycles. The molecule has 1 rings (SSSR count). The van der Waals surface area contributed by atoms with Crippen LogP contribution in [0.2, 0.25) is 0 Å². The molecule has 0 N–H and O–H groups in total. The Morgan fingerprint density at radius 1 is 1.35 bits per heavy atom. The highest BCUT2D eigenvalue weighted by molar-refractivity contribution is 6.49. The lowest BCUT2D eigenvalue weighted by Gasteiger charge is -2.23. The number of esters is 1. The molecule has 0 aliphatic heterocycles. The van der Waals surface area contributed by atoms with Crippen LogP contribution in [0.4, 0.5) is 13.2 Å². The summed E-state index contributed by atoms with van der Waals surface area (Å²) in [7, 11) is 1.20. The fraction of sp³-hybridized carbons (Fsp3) is 0.900. The molecule has 2 nitrogen and oxygen atoms in total. The van der Waals surface area contributed by atoms with Gasteiger partial charge in [0.2, 0.25) is 4.33 Å². The number of carbonyl (C=O) groups excluding carboxylic acids is 1. The molecule has 1 aliphatic rings. The summed E-state index contributed by atoms with van der Waals surface area (Å²) >= 11 is 10.6. The van der Waals surface area contributed by atoms with Gasteiger partial charge in [-0.3, -0.25) is 4.79 Å². The number of halogens is 5. The second-order valence-electron chi connectivity index (χ2n) is 4.84. The van der Waals surface area contributed by atoms with Crippen molar-refractivity contribution in [2.75, 3.05) is 7.11 Å². The van der Waals surface area contributed by atoms with Crippen molar-refractivity contribution in [3.05, 3.63) is 0 Å². The first-order chi connectivity index (χ1) is 7.45. The summed E-state index contributed by atoms with van der Waals surface area (Å²) < 4.78 is 39.2. The highest BCUT2D eigenvalue weighted by Crippen LogP contribution is 2.64. The van der Waals surface area contributed by atoms with E-state index in [0.717, 1.165) is 0 Å². The molecule has 0 bridgehead atoms. The quantitative estimate of drug-likeness (QED) is 0.587. The number of ether oxygens (including phenoxy) is 1. The second-order valence-corrected chi connectivity index (χ2v) is 6.32. The average molecular weight is 293 g/mol. The van der Waals surface area contributed by atoms with Crippen LogP contribution < -0.4 is 0 Å². The topological polar surface area (TPSA) is 26.3 Å². The van der Waals surface area contributed by atoms with Crippen molar-refractivity contribution >= 4 is 29.2 Å². The standard InChI is InChI=1S/C10H13Cl2F3O2/c1-8(2)5(6(8)7(16)17-3)4-9(11,12)10(13,14)15/h5-6H,4H2,1-3H3. The predicted octanol–water partition coefficient (Wildman–Crippen LogP) is 3.56. The zero-order valence-electron chi connectivity index (χ0n) is 9.57. The Bertz CT molecular complexity index is 326. The summed E-state index contributed by atoms with van der Waals surface area (Å²) in [5.74, 6) is -1.62. The van der Waals surface area contributed by atoms with Crippen LogP contribution in [0.3, 0.4) is 0 Å². The van der Waals surface area contributed by atoms with Gasteiger partial charge in [0.05, 0.1) is 13.0 Å². The van der Waals surface area contributed by atoms with Gasteiger partial charge in [-0.05, 0) is 17.8 Å². The third-order valence-electron chi connectivity index (χ3n) is 3.40. The molecular weight excluding hydrogens is 280 g/mol. The van der Waals surface area contributed by atoms with E-state index >= 15 is 0 Å². The highest BCUT2D eigenvalue weighted by atomic mass is 35.5. The number of hydrogen-bond donors (Lipinski definition) is 0. The van der Waals surface area contributed by atoms with Crippen molar-refractivity contribution in [2.24, 2.45) is 17.3 Å². The first-order valence-electron chi connectivity index (χ1n) is 4.97. The fourth-order valence-electron chi connectivity index (χ4n) is 2.11. The van der Waals surface area contributed by atoms with Gasteiger partial charge in [-0.25, -0.2) is 0 Å². The summed E-state index contributed by atoms with van der Waals surface area (Å²) in [5, 5.41) is 0. The Hall–Kier alpha value is -0.160. The van der Waals surface area contributed by atoms with Gasteiger partial charge in [0.1, 0.15) is 0 Å². The van der Waals surface area contributed by atoms with Crippen molar-refractivity contribution in [3.8, 4) is 0 Å². The van der Waals surface area contributed by atoms with Crippen molar-refractivity contribution in [3.63, 3.8) is 0 Å². The molecule has 2 atom stereocenters. The molecule has 0 spiro atoms. The van der Waals surface area contributed by atoms with E-state index in [4.69, 9.17) is 23.2 Å². The van der Waals surface area contributed by atoms with E-state index in [9.17, 15) is 18.0 Å². The van der Waals surface area contributed by atoms with Gasteiger partial charge < -0.3 is 4.74 Å². The first-order valence-corrected chi connectivity index (χ1v) is 5.73. The molecule has 17 heavy (non-hydrogen) atoms. The molecule has 0 aromatic heterocycles. The lowest BCUT2D eigenvalue weighted by molar-refractivity contribution is -0.147. The van der Waals surface area contributed by atoms with Crippen LogP contribution in [0.15, 0.2) is 0 Å². The minimum atomic E-state index is -4.71. The number of alkyl halides is 5. The Balaban J connectivity index is 2.76. The van der Waals surface area contributed by atoms with E-state index < -0.39 is 40.2 Å². The maximum absolute atomic E-state index is 12.5. The lowest BCUT2D eigenvalue weighted by Crippen LogP contribution is -2.35. The third-order valence-corrected chi connectivity index (χ3v) is 4.13. The van der Waals surface area contributed by atoms with Crippen LogP contribution in [-0.2, 0) is 9.53 Å². The first kappa shape index (κ1) is 14.9. The molecule has 100 valence electrons. The van der Waals surface area contributed by atoms with Crippen LogP contribution in [-0.4, -0.2) is 23.6 Å². The van der Waals surface area contributed by atoms with Crippen molar-refractivity contribution in [1.82, 2.24) is 0 Å². The molecule has 7 heteroatoms.